The van der Waals surface area contributed by atoms with Crippen LogP contribution >= 0.6 is 11.3 Å². The molecule has 1 atom stereocenters. The second-order valence-electron chi connectivity index (χ2n) is 4.19. The fraction of sp³-hybridized carbons (Fsp3) is 0.462. The predicted octanol–water partition coefficient (Wildman–Crippen LogP) is 2.14. The van der Waals surface area contributed by atoms with Crippen LogP contribution in [0, 0.1) is 0 Å². The summed E-state index contributed by atoms with van der Waals surface area (Å²) in [4.78, 5) is 30.2. The normalized spacial score (nSPS) is 12.6. The summed E-state index contributed by atoms with van der Waals surface area (Å²) < 4.78 is 6.09. The first kappa shape index (κ1) is 13.7. The first-order valence-electron chi connectivity index (χ1n) is 6.19. The van der Waals surface area contributed by atoms with Crippen LogP contribution in [0.1, 0.15) is 31.2 Å². The second-order valence-corrected chi connectivity index (χ2v) is 5.30. The molecule has 0 fully saturated rings. The summed E-state index contributed by atoms with van der Waals surface area (Å²) in [7, 11) is 1.32. The highest BCUT2D eigenvalue weighted by atomic mass is 32.1. The molecule has 0 radical (unpaired) electrons. The van der Waals surface area contributed by atoms with Gasteiger partial charge in [0, 0.05) is 4.88 Å². The quantitative estimate of drug-likeness (QED) is 0.805. The third-order valence-corrected chi connectivity index (χ3v) is 4.26. The van der Waals surface area contributed by atoms with E-state index in [0.29, 0.717) is 11.8 Å². The van der Waals surface area contributed by atoms with Gasteiger partial charge in [-0.3, -0.25) is 9.36 Å². The topological polar surface area (TPSA) is 61.2 Å². The van der Waals surface area contributed by atoms with Crippen molar-refractivity contribution in [1.82, 2.24) is 9.55 Å². The van der Waals surface area contributed by atoms with Crippen LogP contribution in [0.2, 0.25) is 0 Å². The van der Waals surface area contributed by atoms with Gasteiger partial charge >= 0.3 is 5.97 Å². The lowest BCUT2D eigenvalue weighted by atomic mass is 10.2. The summed E-state index contributed by atoms with van der Waals surface area (Å²) in [6.07, 6.45) is 2.80. The van der Waals surface area contributed by atoms with Gasteiger partial charge in [0.25, 0.3) is 5.56 Å². The van der Waals surface area contributed by atoms with Crippen molar-refractivity contribution in [3.8, 4) is 0 Å². The number of ether oxygens (including phenoxy) is 1. The monoisotopic (exact) mass is 280 g/mol. The van der Waals surface area contributed by atoms with Crippen LogP contribution in [-0.2, 0) is 16.0 Å². The minimum atomic E-state index is -0.612. The lowest BCUT2D eigenvalue weighted by Crippen LogP contribution is -2.30. The van der Waals surface area contributed by atoms with Gasteiger partial charge in [0.05, 0.1) is 18.8 Å². The Kier molecular flexibility index (Phi) is 3.99. The molecule has 0 saturated heterocycles. The second kappa shape index (κ2) is 5.52. The highest BCUT2D eigenvalue weighted by Gasteiger charge is 2.21. The molecule has 0 unspecified atom stereocenters. The summed E-state index contributed by atoms with van der Waals surface area (Å²) >= 11 is 1.51. The van der Waals surface area contributed by atoms with Gasteiger partial charge in [-0.05, 0) is 18.9 Å². The number of nitrogens with zero attached hydrogens (tertiary/aromatic N) is 2. The molecule has 2 heterocycles. The number of aromatic nitrogens is 2. The smallest absolute Gasteiger partial charge is 0.329 e. The zero-order chi connectivity index (χ0) is 14.0. The van der Waals surface area contributed by atoms with E-state index in [-0.39, 0.29) is 5.56 Å². The molecule has 2 aromatic heterocycles. The van der Waals surface area contributed by atoms with Crippen LogP contribution < -0.4 is 5.56 Å². The Morgan fingerprint density at radius 1 is 1.53 bits per heavy atom. The Hall–Kier alpha value is -1.69. The number of rotatable bonds is 4. The fourth-order valence-corrected chi connectivity index (χ4v) is 2.92. The van der Waals surface area contributed by atoms with Crippen LogP contribution in [0.3, 0.4) is 0 Å². The molecule has 0 saturated carbocycles. The maximum absolute atomic E-state index is 12.4. The molecule has 2 aromatic rings. The zero-order valence-corrected chi connectivity index (χ0v) is 12.0. The minimum absolute atomic E-state index is 0.182. The van der Waals surface area contributed by atoms with Gasteiger partial charge in [-0.2, -0.15) is 0 Å². The summed E-state index contributed by atoms with van der Waals surface area (Å²) in [6, 6.07) is 1.25. The van der Waals surface area contributed by atoms with Crippen molar-refractivity contribution in [1.29, 1.82) is 0 Å². The van der Waals surface area contributed by atoms with Gasteiger partial charge in [0.1, 0.15) is 10.9 Å². The van der Waals surface area contributed by atoms with E-state index in [4.69, 9.17) is 4.74 Å². The SMILES string of the molecule is CCc1cc2c(=O)n([C@@H](CC)C(=O)OC)cnc2s1. The number of esters is 1. The average molecular weight is 280 g/mol. The number of carbonyl (C=O) groups excluding carboxylic acids is 1. The zero-order valence-electron chi connectivity index (χ0n) is 11.2. The lowest BCUT2D eigenvalue weighted by molar-refractivity contribution is -0.144. The number of hydrogen-bond donors (Lipinski definition) is 0. The van der Waals surface area contributed by atoms with Crippen molar-refractivity contribution >= 4 is 27.5 Å². The standard InChI is InChI=1S/C13H16N2O3S/c1-4-8-6-9-11(19-8)14-7-15(12(9)16)10(5-2)13(17)18-3/h6-7,10H,4-5H2,1-3H3/t10-/m0/s1. The maximum Gasteiger partial charge on any atom is 0.329 e. The molecule has 5 nitrogen and oxygen atoms in total. The maximum atomic E-state index is 12.4. The van der Waals surface area contributed by atoms with E-state index in [0.717, 1.165) is 16.1 Å². The highest BCUT2D eigenvalue weighted by Crippen LogP contribution is 2.22. The van der Waals surface area contributed by atoms with Gasteiger partial charge in [-0.25, -0.2) is 9.78 Å². The van der Waals surface area contributed by atoms with Crippen LogP contribution in [0.15, 0.2) is 17.2 Å². The molecule has 0 aliphatic carbocycles. The van der Waals surface area contributed by atoms with Gasteiger partial charge in [-0.15, -0.1) is 11.3 Å². The van der Waals surface area contributed by atoms with Crippen molar-refractivity contribution < 1.29 is 9.53 Å². The van der Waals surface area contributed by atoms with Crippen LogP contribution in [-0.4, -0.2) is 22.6 Å². The number of carbonyl (C=O) groups is 1. The Morgan fingerprint density at radius 3 is 2.84 bits per heavy atom. The van der Waals surface area contributed by atoms with Gasteiger partial charge in [0.2, 0.25) is 0 Å². The molecule has 6 heteroatoms. The molecule has 0 aromatic carbocycles. The van der Waals surface area contributed by atoms with Gasteiger partial charge in [-0.1, -0.05) is 13.8 Å². The number of aryl methyl sites for hydroxylation is 1. The number of thiophene rings is 1. The number of fused-ring (bicyclic) bond motifs is 1. The van der Waals surface area contributed by atoms with Crippen molar-refractivity contribution in [2.75, 3.05) is 7.11 Å². The largest absolute Gasteiger partial charge is 0.467 e. The van der Waals surface area contributed by atoms with E-state index in [1.165, 1.54) is 29.3 Å². The molecule has 0 aliphatic rings. The lowest BCUT2D eigenvalue weighted by Gasteiger charge is -2.14. The van der Waals surface area contributed by atoms with Crippen LogP contribution in [0.4, 0.5) is 0 Å². The molecule has 0 bridgehead atoms. The van der Waals surface area contributed by atoms with Crippen molar-refractivity contribution in [2.45, 2.75) is 32.7 Å². The van der Waals surface area contributed by atoms with Crippen molar-refractivity contribution in [3.05, 3.63) is 27.6 Å². The summed E-state index contributed by atoms with van der Waals surface area (Å²) in [5.41, 5.74) is -0.182. The molecular weight excluding hydrogens is 264 g/mol. The Morgan fingerprint density at radius 2 is 2.26 bits per heavy atom. The molecule has 0 amide bonds. The van der Waals surface area contributed by atoms with Gasteiger partial charge in [0.15, 0.2) is 0 Å². The third kappa shape index (κ3) is 2.40. The first-order chi connectivity index (χ1) is 9.12. The number of hydrogen-bond acceptors (Lipinski definition) is 5. The van der Waals surface area contributed by atoms with Crippen molar-refractivity contribution in [3.63, 3.8) is 0 Å². The van der Waals surface area contributed by atoms with Crippen LogP contribution in [0.25, 0.3) is 10.2 Å². The summed E-state index contributed by atoms with van der Waals surface area (Å²) in [6.45, 7) is 3.87. The van der Waals surface area contributed by atoms with Gasteiger partial charge < -0.3 is 4.74 Å². The predicted molar refractivity (Wildman–Crippen MR) is 74.6 cm³/mol. The fourth-order valence-electron chi connectivity index (χ4n) is 2.00. The van der Waals surface area contributed by atoms with E-state index in [9.17, 15) is 9.59 Å². The molecule has 0 spiro atoms. The third-order valence-electron chi connectivity index (χ3n) is 3.07. The molecule has 102 valence electrons. The average Bonchev–Trinajstić information content (AvgIpc) is 2.85. The Bertz CT molecular complexity index is 659. The Balaban J connectivity index is 2.58. The molecule has 0 aliphatic heterocycles. The van der Waals surface area contributed by atoms with E-state index in [1.54, 1.807) is 0 Å². The van der Waals surface area contributed by atoms with E-state index < -0.39 is 12.0 Å². The molecule has 0 N–H and O–H groups in total. The molecule has 19 heavy (non-hydrogen) atoms. The van der Waals surface area contributed by atoms with Crippen LogP contribution in [0.5, 0.6) is 0 Å². The highest BCUT2D eigenvalue weighted by molar-refractivity contribution is 7.18. The van der Waals surface area contributed by atoms with E-state index in [2.05, 4.69) is 4.98 Å². The summed E-state index contributed by atoms with van der Waals surface area (Å²) in [5.74, 6) is -0.420. The van der Waals surface area contributed by atoms with Crippen molar-refractivity contribution in [2.24, 2.45) is 0 Å². The summed E-state index contributed by atoms with van der Waals surface area (Å²) in [5, 5.41) is 0.576. The van der Waals surface area contributed by atoms with E-state index >= 15 is 0 Å². The molecule has 2 rings (SSSR count). The Labute approximate surface area is 114 Å². The minimum Gasteiger partial charge on any atom is -0.467 e. The molecular formula is C13H16N2O3S. The number of methoxy groups -OCH3 is 1. The first-order valence-corrected chi connectivity index (χ1v) is 7.01. The van der Waals surface area contributed by atoms with E-state index in [1.807, 2.05) is 19.9 Å².